The van der Waals surface area contributed by atoms with E-state index in [1.165, 1.54) is 0 Å². The molecule has 2 atom stereocenters. The van der Waals surface area contributed by atoms with Gasteiger partial charge in [-0.1, -0.05) is 5.21 Å². The van der Waals surface area contributed by atoms with Crippen molar-refractivity contribution in [2.24, 2.45) is 0 Å². The minimum atomic E-state index is -0.998. The van der Waals surface area contributed by atoms with E-state index in [4.69, 9.17) is 14.2 Å². The molecule has 4 amide bonds. The average molecular weight is 792 g/mol. The van der Waals surface area contributed by atoms with Gasteiger partial charge in [0.25, 0.3) is 11.8 Å². The molecule has 0 radical (unpaired) electrons. The lowest BCUT2D eigenvalue weighted by molar-refractivity contribution is -0.136. The molecule has 0 saturated carbocycles. The summed E-state index contributed by atoms with van der Waals surface area (Å²) in [6.45, 7) is 3.55. The van der Waals surface area contributed by atoms with Crippen LogP contribution >= 0.6 is 0 Å². The Morgan fingerprint density at radius 3 is 2.48 bits per heavy atom. The molecule has 4 aliphatic rings. The van der Waals surface area contributed by atoms with Gasteiger partial charge in [0.1, 0.15) is 23.2 Å². The van der Waals surface area contributed by atoms with Crippen LogP contribution in [-0.2, 0) is 34.0 Å². The number of aromatic nitrogens is 4. The Labute approximate surface area is 334 Å². The number of rotatable bonds is 14. The summed E-state index contributed by atoms with van der Waals surface area (Å²) in [5.74, 6) is -0.676. The van der Waals surface area contributed by atoms with E-state index < -0.39 is 35.9 Å². The van der Waals surface area contributed by atoms with E-state index in [2.05, 4.69) is 37.5 Å². The lowest BCUT2D eigenvalue weighted by Gasteiger charge is -2.40. The highest BCUT2D eigenvalue weighted by atomic mass is 16.5. The number of anilines is 1. The fourth-order valence-corrected chi connectivity index (χ4v) is 7.93. The Morgan fingerprint density at radius 1 is 0.983 bits per heavy atom. The van der Waals surface area contributed by atoms with Gasteiger partial charge in [-0.25, -0.2) is 0 Å². The largest absolute Gasteiger partial charge is 0.496 e. The number of methoxy groups -OCH3 is 2. The third kappa shape index (κ3) is 7.39. The molecule has 0 aliphatic carbocycles. The number of amides is 4. The molecule has 17 nitrogen and oxygen atoms in total. The van der Waals surface area contributed by atoms with Crippen LogP contribution in [0.2, 0.25) is 0 Å². The molecule has 8 rings (SSSR count). The SMILES string of the molecule is COc1cc(C2=CN(C)C(O)c3cnccc32)cc(OC)c1CN(C)CCCn1cc(COC2CN(c3ccc4c(c3)C(=O)N(C3CCC(=O)NC3=O)C4=O)C2)nn1. The smallest absolute Gasteiger partial charge is 0.262 e. The summed E-state index contributed by atoms with van der Waals surface area (Å²) < 4.78 is 19.7. The van der Waals surface area contributed by atoms with E-state index in [1.54, 1.807) is 49.7 Å². The third-order valence-electron chi connectivity index (χ3n) is 11.1. The van der Waals surface area contributed by atoms with E-state index in [-0.39, 0.29) is 30.1 Å². The van der Waals surface area contributed by atoms with Crippen molar-refractivity contribution in [2.45, 2.75) is 57.3 Å². The van der Waals surface area contributed by atoms with Crippen LogP contribution in [0.5, 0.6) is 11.5 Å². The van der Waals surface area contributed by atoms with E-state index in [9.17, 15) is 24.3 Å². The van der Waals surface area contributed by atoms with Gasteiger partial charge in [0.15, 0.2) is 6.23 Å². The minimum absolute atomic E-state index is 0.0471. The molecule has 2 saturated heterocycles. The normalized spacial score (nSPS) is 19.3. The van der Waals surface area contributed by atoms with Gasteiger partial charge in [0.2, 0.25) is 11.8 Å². The van der Waals surface area contributed by atoms with Crippen LogP contribution in [0.4, 0.5) is 5.69 Å². The van der Waals surface area contributed by atoms with Crippen LogP contribution in [0.3, 0.4) is 0 Å². The Morgan fingerprint density at radius 2 is 1.74 bits per heavy atom. The number of imide groups is 2. The monoisotopic (exact) mass is 791 g/mol. The summed E-state index contributed by atoms with van der Waals surface area (Å²) in [5.41, 5.74) is 6.43. The summed E-state index contributed by atoms with van der Waals surface area (Å²) >= 11 is 0. The van der Waals surface area contributed by atoms with Crippen LogP contribution in [-0.4, -0.2) is 124 Å². The number of carbonyl (C=O) groups is 4. The number of fused-ring (bicyclic) bond motifs is 2. The first-order valence-electron chi connectivity index (χ1n) is 19.1. The second kappa shape index (κ2) is 16.0. The molecular formula is C41H45N9O8. The molecule has 2 N–H and O–H groups in total. The number of ether oxygens (including phenoxy) is 3. The maximum atomic E-state index is 13.2. The maximum absolute atomic E-state index is 13.2. The quantitative estimate of drug-likeness (QED) is 0.177. The summed E-state index contributed by atoms with van der Waals surface area (Å²) in [6.07, 6.45) is 7.41. The van der Waals surface area contributed by atoms with Crippen molar-refractivity contribution in [3.8, 4) is 11.5 Å². The van der Waals surface area contributed by atoms with Crippen molar-refractivity contribution >= 4 is 34.9 Å². The van der Waals surface area contributed by atoms with Crippen LogP contribution in [0.25, 0.3) is 5.57 Å². The Kier molecular flexibility index (Phi) is 10.7. The maximum Gasteiger partial charge on any atom is 0.262 e. The molecule has 2 aromatic carbocycles. The number of carbonyl (C=O) groups excluding carboxylic acids is 4. The highest BCUT2D eigenvalue weighted by molar-refractivity contribution is 6.23. The van der Waals surface area contributed by atoms with Crippen LogP contribution < -0.4 is 19.7 Å². The van der Waals surface area contributed by atoms with Crippen molar-refractivity contribution in [3.05, 3.63) is 100 Å². The summed E-state index contributed by atoms with van der Waals surface area (Å²) in [7, 11) is 7.18. The van der Waals surface area contributed by atoms with Crippen LogP contribution in [0.1, 0.15) is 74.2 Å². The van der Waals surface area contributed by atoms with Crippen molar-refractivity contribution in [2.75, 3.05) is 52.8 Å². The Hall–Kier alpha value is -6.17. The molecular weight excluding hydrogens is 747 g/mol. The second-order valence-corrected chi connectivity index (χ2v) is 15.0. The number of hydrogen-bond acceptors (Lipinski definition) is 14. The zero-order valence-electron chi connectivity index (χ0n) is 32.8. The van der Waals surface area contributed by atoms with E-state index in [1.807, 2.05) is 42.3 Å². The highest BCUT2D eigenvalue weighted by Gasteiger charge is 2.45. The number of aliphatic hydroxyl groups excluding tert-OH is 1. The molecule has 4 aliphatic heterocycles. The van der Waals surface area contributed by atoms with Crippen molar-refractivity contribution in [3.63, 3.8) is 0 Å². The van der Waals surface area contributed by atoms with Crippen molar-refractivity contribution in [1.82, 2.24) is 40.0 Å². The number of benzene rings is 2. The lowest BCUT2D eigenvalue weighted by Crippen LogP contribution is -2.54. The first kappa shape index (κ1) is 38.7. The van der Waals surface area contributed by atoms with Gasteiger partial charge in [0, 0.05) is 75.1 Å². The summed E-state index contributed by atoms with van der Waals surface area (Å²) in [5, 5.41) is 21.5. The number of hydrogen-bond donors (Lipinski definition) is 2. The molecule has 2 unspecified atom stereocenters. The topological polar surface area (TPSA) is 185 Å². The molecule has 4 aromatic rings. The van der Waals surface area contributed by atoms with Gasteiger partial charge >= 0.3 is 0 Å². The van der Waals surface area contributed by atoms with Crippen LogP contribution in [0, 0.1) is 0 Å². The number of pyridine rings is 1. The Balaban J connectivity index is 0.805. The molecule has 2 aromatic heterocycles. The third-order valence-corrected chi connectivity index (χ3v) is 11.1. The van der Waals surface area contributed by atoms with Gasteiger partial charge in [-0.15, -0.1) is 5.10 Å². The number of nitrogens with one attached hydrogen (secondary N) is 1. The van der Waals surface area contributed by atoms with E-state index in [0.29, 0.717) is 44.3 Å². The van der Waals surface area contributed by atoms with E-state index >= 15 is 0 Å². The second-order valence-electron chi connectivity index (χ2n) is 15.0. The molecule has 6 heterocycles. The van der Waals surface area contributed by atoms with Gasteiger partial charge < -0.3 is 34.0 Å². The Bertz CT molecular complexity index is 2280. The number of aryl methyl sites for hydroxylation is 1. The minimum Gasteiger partial charge on any atom is -0.496 e. The molecule has 0 bridgehead atoms. The molecule has 0 spiro atoms. The van der Waals surface area contributed by atoms with E-state index in [0.717, 1.165) is 57.1 Å². The zero-order valence-corrected chi connectivity index (χ0v) is 32.8. The van der Waals surface area contributed by atoms with Gasteiger partial charge in [0.05, 0.1) is 49.8 Å². The molecule has 2 fully saturated rings. The molecule has 302 valence electrons. The molecule has 17 heteroatoms. The van der Waals surface area contributed by atoms with Crippen molar-refractivity contribution in [1.29, 1.82) is 0 Å². The highest BCUT2D eigenvalue weighted by Crippen LogP contribution is 2.40. The lowest BCUT2D eigenvalue weighted by atomic mass is 9.91. The first-order chi connectivity index (χ1) is 28.0. The zero-order chi connectivity index (χ0) is 40.7. The number of piperidine rings is 1. The fourth-order valence-electron chi connectivity index (χ4n) is 7.93. The number of aliphatic hydroxyl groups is 1. The van der Waals surface area contributed by atoms with Crippen LogP contribution in [0.15, 0.2) is 61.2 Å². The summed E-state index contributed by atoms with van der Waals surface area (Å²) in [4.78, 5) is 61.4. The predicted molar refractivity (Wildman–Crippen MR) is 208 cm³/mol. The fraction of sp³-hybridized carbons (Fsp3) is 0.390. The number of nitrogens with zero attached hydrogens (tertiary/aromatic N) is 8. The first-order valence-corrected chi connectivity index (χ1v) is 19.1. The van der Waals surface area contributed by atoms with Gasteiger partial charge in [-0.3, -0.25) is 39.1 Å². The summed E-state index contributed by atoms with van der Waals surface area (Å²) in [6, 6.07) is 10.0. The average Bonchev–Trinajstić information content (AvgIpc) is 3.76. The molecule has 58 heavy (non-hydrogen) atoms. The van der Waals surface area contributed by atoms with Gasteiger partial charge in [-0.2, -0.15) is 0 Å². The predicted octanol–water partition coefficient (Wildman–Crippen LogP) is 2.34. The van der Waals surface area contributed by atoms with Gasteiger partial charge in [-0.05, 0) is 74.0 Å². The van der Waals surface area contributed by atoms with Crippen molar-refractivity contribution < 1.29 is 38.5 Å². The standard InChI is InChI=1S/C41H45N9O8/c1-46(21-33-35(56-3)14-24(15-36(33)57-4)32-22-47(2)39(53)31-17-42-11-10-28(31)32)12-5-13-49-18-25(44-45-49)23-58-27-19-48(20-27)26-6-7-29-30(16-26)41(55)50(40(29)54)34-8-9-37(51)43-38(34)52/h6-7,10-11,14-18,22,27,34,39,53H,5,8-9,12-13,19-21,23H2,1-4H3,(H,43,51,52).